The van der Waals surface area contributed by atoms with Gasteiger partial charge in [0.25, 0.3) is 0 Å². The molecule has 0 aromatic rings. The second-order valence-electron chi connectivity index (χ2n) is 3.70. The van der Waals surface area contributed by atoms with Crippen molar-refractivity contribution in [3.05, 3.63) is 12.2 Å². The Morgan fingerprint density at radius 1 is 1.60 bits per heavy atom. The van der Waals surface area contributed by atoms with Gasteiger partial charge in [0.1, 0.15) is 0 Å². The highest BCUT2D eigenvalue weighted by Gasteiger charge is 2.26. The molecule has 0 bridgehead atoms. The average Bonchev–Trinajstić information content (AvgIpc) is 2.07. The van der Waals surface area contributed by atoms with E-state index in [1.165, 1.54) is 6.08 Å². The van der Waals surface area contributed by atoms with Crippen LogP contribution >= 0.6 is 0 Å². The fraction of sp³-hybridized carbons (Fsp3) is 0.667. The molecule has 5 nitrogen and oxygen atoms in total. The van der Waals surface area contributed by atoms with Crippen LogP contribution in [-0.4, -0.2) is 55.0 Å². The molecule has 15 heavy (non-hydrogen) atoms. The SMILES string of the molecule is CC1CS(=O)(=O)CCN1C/C=C/C(=O)O. The van der Waals surface area contributed by atoms with Crippen molar-refractivity contribution in [2.24, 2.45) is 0 Å². The first-order valence-electron chi connectivity index (χ1n) is 4.74. The molecule has 0 aliphatic carbocycles. The monoisotopic (exact) mass is 233 g/mol. The summed E-state index contributed by atoms with van der Waals surface area (Å²) >= 11 is 0. The summed E-state index contributed by atoms with van der Waals surface area (Å²) in [7, 11) is -2.89. The van der Waals surface area contributed by atoms with Gasteiger partial charge >= 0.3 is 5.97 Å². The molecule has 86 valence electrons. The Hall–Kier alpha value is -0.880. The number of carboxylic acids is 1. The molecule has 0 aromatic heterocycles. The maximum atomic E-state index is 11.2. The van der Waals surface area contributed by atoms with Crippen LogP contribution in [0, 0.1) is 0 Å². The van der Waals surface area contributed by atoms with Crippen molar-refractivity contribution in [2.45, 2.75) is 13.0 Å². The lowest BCUT2D eigenvalue weighted by Crippen LogP contribution is -2.46. The van der Waals surface area contributed by atoms with Crippen LogP contribution in [0.15, 0.2) is 12.2 Å². The number of hydrogen-bond donors (Lipinski definition) is 1. The van der Waals surface area contributed by atoms with Gasteiger partial charge in [-0.3, -0.25) is 4.90 Å². The summed E-state index contributed by atoms with van der Waals surface area (Å²) in [5.41, 5.74) is 0. The molecule has 0 radical (unpaired) electrons. The molecule has 1 unspecified atom stereocenters. The van der Waals surface area contributed by atoms with Crippen molar-refractivity contribution in [1.82, 2.24) is 4.90 Å². The third-order valence-corrected chi connectivity index (χ3v) is 4.20. The third-order valence-electron chi connectivity index (χ3n) is 2.41. The topological polar surface area (TPSA) is 74.7 Å². The largest absolute Gasteiger partial charge is 0.478 e. The van der Waals surface area contributed by atoms with E-state index in [1.807, 2.05) is 11.8 Å². The van der Waals surface area contributed by atoms with Crippen LogP contribution in [0.3, 0.4) is 0 Å². The first kappa shape index (κ1) is 12.2. The van der Waals surface area contributed by atoms with E-state index in [1.54, 1.807) is 0 Å². The smallest absolute Gasteiger partial charge is 0.328 e. The Labute approximate surface area is 89.3 Å². The standard InChI is InChI=1S/C9H15NO4S/c1-8-7-15(13,14)6-5-10(8)4-2-3-9(11)12/h2-3,8H,4-7H2,1H3,(H,11,12)/b3-2+. The molecule has 0 saturated carbocycles. The summed E-state index contributed by atoms with van der Waals surface area (Å²) in [4.78, 5) is 12.2. The van der Waals surface area contributed by atoms with Crippen LogP contribution in [0.25, 0.3) is 0 Å². The fourth-order valence-electron chi connectivity index (χ4n) is 1.59. The highest BCUT2D eigenvalue weighted by molar-refractivity contribution is 7.91. The van der Waals surface area contributed by atoms with E-state index >= 15 is 0 Å². The average molecular weight is 233 g/mol. The van der Waals surface area contributed by atoms with E-state index in [0.29, 0.717) is 13.1 Å². The van der Waals surface area contributed by atoms with Crippen molar-refractivity contribution in [1.29, 1.82) is 0 Å². The van der Waals surface area contributed by atoms with E-state index in [4.69, 9.17) is 5.11 Å². The summed E-state index contributed by atoms with van der Waals surface area (Å²) in [5, 5.41) is 8.39. The van der Waals surface area contributed by atoms with Gasteiger partial charge in [-0.15, -0.1) is 0 Å². The van der Waals surface area contributed by atoms with E-state index in [9.17, 15) is 13.2 Å². The molecular weight excluding hydrogens is 218 g/mol. The van der Waals surface area contributed by atoms with Gasteiger partial charge in [0, 0.05) is 25.2 Å². The molecule has 0 spiro atoms. The molecule has 6 heteroatoms. The Bertz CT molecular complexity index is 360. The summed E-state index contributed by atoms with van der Waals surface area (Å²) < 4.78 is 22.5. The Morgan fingerprint density at radius 2 is 2.27 bits per heavy atom. The van der Waals surface area contributed by atoms with Crippen molar-refractivity contribution in [2.75, 3.05) is 24.6 Å². The highest BCUT2D eigenvalue weighted by Crippen LogP contribution is 2.10. The molecular formula is C9H15NO4S. The Kier molecular flexibility index (Phi) is 3.87. The third kappa shape index (κ3) is 4.01. The summed E-state index contributed by atoms with van der Waals surface area (Å²) in [6.45, 7) is 2.81. The molecule has 0 amide bonds. The number of sulfone groups is 1. The van der Waals surface area contributed by atoms with Gasteiger partial charge in [-0.05, 0) is 6.92 Å². The Balaban J connectivity index is 2.49. The van der Waals surface area contributed by atoms with Crippen LogP contribution in [0.4, 0.5) is 0 Å². The van der Waals surface area contributed by atoms with Crippen molar-refractivity contribution < 1.29 is 18.3 Å². The molecule has 1 heterocycles. The maximum Gasteiger partial charge on any atom is 0.328 e. The second kappa shape index (κ2) is 4.76. The second-order valence-corrected chi connectivity index (χ2v) is 5.93. The summed E-state index contributed by atoms with van der Waals surface area (Å²) in [6, 6.07) is -0.0396. The molecule has 1 aliphatic rings. The zero-order chi connectivity index (χ0) is 11.5. The maximum absolute atomic E-state index is 11.2. The van der Waals surface area contributed by atoms with Crippen LogP contribution in [0.5, 0.6) is 0 Å². The predicted octanol–water partition coefficient (Wildman–Crippen LogP) is -0.254. The predicted molar refractivity (Wildman–Crippen MR) is 56.5 cm³/mol. The number of nitrogens with zero attached hydrogens (tertiary/aromatic N) is 1. The fourth-order valence-corrected chi connectivity index (χ4v) is 3.22. The highest BCUT2D eigenvalue weighted by atomic mass is 32.2. The Morgan fingerprint density at radius 3 is 2.80 bits per heavy atom. The van der Waals surface area contributed by atoms with Crippen LogP contribution < -0.4 is 0 Å². The van der Waals surface area contributed by atoms with Crippen molar-refractivity contribution >= 4 is 15.8 Å². The van der Waals surface area contributed by atoms with Gasteiger partial charge in [-0.25, -0.2) is 13.2 Å². The lowest BCUT2D eigenvalue weighted by Gasteiger charge is -2.31. The molecule has 1 N–H and O–H groups in total. The zero-order valence-corrected chi connectivity index (χ0v) is 9.40. The normalized spacial score (nSPS) is 26.9. The number of carboxylic acid groups (broad SMARTS) is 1. The van der Waals surface area contributed by atoms with Crippen molar-refractivity contribution in [3.63, 3.8) is 0 Å². The van der Waals surface area contributed by atoms with E-state index in [2.05, 4.69) is 0 Å². The molecule has 0 aromatic carbocycles. The number of rotatable bonds is 3. The molecule has 1 rings (SSSR count). The van der Waals surface area contributed by atoms with Gasteiger partial charge in [0.15, 0.2) is 9.84 Å². The number of aliphatic carboxylic acids is 1. The van der Waals surface area contributed by atoms with E-state index in [-0.39, 0.29) is 17.5 Å². The molecule has 1 aliphatic heterocycles. The van der Waals surface area contributed by atoms with Gasteiger partial charge in [0.05, 0.1) is 11.5 Å². The van der Waals surface area contributed by atoms with E-state index < -0.39 is 15.8 Å². The van der Waals surface area contributed by atoms with Crippen LogP contribution in [0.1, 0.15) is 6.92 Å². The lowest BCUT2D eigenvalue weighted by atomic mass is 10.3. The first-order valence-corrected chi connectivity index (χ1v) is 6.57. The number of carbonyl (C=O) groups is 1. The minimum atomic E-state index is -2.89. The number of hydrogen-bond acceptors (Lipinski definition) is 4. The van der Waals surface area contributed by atoms with Crippen LogP contribution in [0.2, 0.25) is 0 Å². The van der Waals surface area contributed by atoms with Gasteiger partial charge in [-0.1, -0.05) is 6.08 Å². The molecule has 1 atom stereocenters. The van der Waals surface area contributed by atoms with E-state index in [0.717, 1.165) is 6.08 Å². The lowest BCUT2D eigenvalue weighted by molar-refractivity contribution is -0.131. The van der Waals surface area contributed by atoms with Gasteiger partial charge in [-0.2, -0.15) is 0 Å². The quantitative estimate of drug-likeness (QED) is 0.680. The van der Waals surface area contributed by atoms with Crippen LogP contribution in [-0.2, 0) is 14.6 Å². The molecule has 1 saturated heterocycles. The zero-order valence-electron chi connectivity index (χ0n) is 8.59. The molecule has 1 fully saturated rings. The minimum Gasteiger partial charge on any atom is -0.478 e. The van der Waals surface area contributed by atoms with Gasteiger partial charge in [0.2, 0.25) is 0 Å². The minimum absolute atomic E-state index is 0.0396. The van der Waals surface area contributed by atoms with Crippen molar-refractivity contribution in [3.8, 4) is 0 Å². The first-order chi connectivity index (χ1) is 6.91. The summed E-state index contributed by atoms with van der Waals surface area (Å²) in [5.74, 6) is -0.654. The van der Waals surface area contributed by atoms with Gasteiger partial charge < -0.3 is 5.11 Å². The summed E-state index contributed by atoms with van der Waals surface area (Å²) in [6.07, 6.45) is 2.62.